The monoisotopic (exact) mass is 238 g/mol. The van der Waals surface area contributed by atoms with Crippen molar-refractivity contribution in [3.8, 4) is 0 Å². The third kappa shape index (κ3) is 2.89. The lowest BCUT2D eigenvalue weighted by Gasteiger charge is -2.14. The van der Waals surface area contributed by atoms with E-state index in [0.717, 1.165) is 12.8 Å². The Hall–Kier alpha value is -1.72. The molecule has 0 bridgehead atoms. The SMILES string of the molecule is Cc1ncnc(NC(C)C(=O)NC2CC2)c1F. The minimum Gasteiger partial charge on any atom is -0.356 e. The lowest BCUT2D eigenvalue weighted by atomic mass is 10.3. The molecule has 5 nitrogen and oxygen atoms in total. The summed E-state index contributed by atoms with van der Waals surface area (Å²) >= 11 is 0. The molecule has 1 aromatic heterocycles. The Bertz CT molecular complexity index is 433. The molecular formula is C11H15FN4O. The van der Waals surface area contributed by atoms with Gasteiger partial charge in [0.25, 0.3) is 0 Å². The number of nitrogens with zero attached hydrogens (tertiary/aromatic N) is 2. The predicted octanol–water partition coefficient (Wildman–Crippen LogP) is 1.00. The van der Waals surface area contributed by atoms with Gasteiger partial charge in [-0.05, 0) is 26.7 Å². The van der Waals surface area contributed by atoms with E-state index in [4.69, 9.17) is 0 Å². The molecule has 0 saturated heterocycles. The fourth-order valence-electron chi connectivity index (χ4n) is 1.38. The van der Waals surface area contributed by atoms with Crippen molar-refractivity contribution in [1.82, 2.24) is 15.3 Å². The molecule has 1 aromatic rings. The highest BCUT2D eigenvalue weighted by Gasteiger charge is 2.26. The van der Waals surface area contributed by atoms with Crippen LogP contribution in [0.15, 0.2) is 6.33 Å². The van der Waals surface area contributed by atoms with E-state index in [2.05, 4.69) is 20.6 Å². The van der Waals surface area contributed by atoms with Crippen LogP contribution in [0.5, 0.6) is 0 Å². The predicted molar refractivity (Wildman–Crippen MR) is 61.0 cm³/mol. The zero-order valence-corrected chi connectivity index (χ0v) is 9.83. The maximum atomic E-state index is 13.6. The van der Waals surface area contributed by atoms with Crippen LogP contribution in [-0.2, 0) is 4.79 Å². The summed E-state index contributed by atoms with van der Waals surface area (Å²) < 4.78 is 13.6. The van der Waals surface area contributed by atoms with Crippen LogP contribution in [-0.4, -0.2) is 28.0 Å². The molecule has 0 aromatic carbocycles. The van der Waals surface area contributed by atoms with Crippen LogP contribution in [0.3, 0.4) is 0 Å². The Morgan fingerprint density at radius 3 is 2.88 bits per heavy atom. The zero-order chi connectivity index (χ0) is 12.4. The van der Waals surface area contributed by atoms with Crippen molar-refractivity contribution in [1.29, 1.82) is 0 Å². The molecule has 2 rings (SSSR count). The van der Waals surface area contributed by atoms with Crippen LogP contribution in [0.25, 0.3) is 0 Å². The van der Waals surface area contributed by atoms with Gasteiger partial charge in [0, 0.05) is 6.04 Å². The van der Waals surface area contributed by atoms with E-state index in [9.17, 15) is 9.18 Å². The smallest absolute Gasteiger partial charge is 0.242 e. The third-order valence-electron chi connectivity index (χ3n) is 2.63. The van der Waals surface area contributed by atoms with Crippen molar-refractivity contribution in [2.75, 3.05) is 5.32 Å². The van der Waals surface area contributed by atoms with E-state index in [1.54, 1.807) is 13.8 Å². The molecule has 92 valence electrons. The summed E-state index contributed by atoms with van der Waals surface area (Å²) in [7, 11) is 0. The second-order valence-electron chi connectivity index (χ2n) is 4.27. The molecule has 1 saturated carbocycles. The normalized spacial score (nSPS) is 16.4. The first-order valence-corrected chi connectivity index (χ1v) is 5.62. The molecular weight excluding hydrogens is 223 g/mol. The van der Waals surface area contributed by atoms with Crippen molar-refractivity contribution in [3.05, 3.63) is 17.8 Å². The minimum atomic E-state index is -0.515. The zero-order valence-electron chi connectivity index (χ0n) is 9.83. The molecule has 1 unspecified atom stereocenters. The summed E-state index contributed by atoms with van der Waals surface area (Å²) in [4.78, 5) is 19.2. The van der Waals surface area contributed by atoms with E-state index in [1.165, 1.54) is 6.33 Å². The molecule has 1 aliphatic carbocycles. The van der Waals surface area contributed by atoms with Crippen LogP contribution in [0, 0.1) is 12.7 Å². The molecule has 0 aliphatic heterocycles. The number of hydrogen-bond donors (Lipinski definition) is 2. The van der Waals surface area contributed by atoms with Gasteiger partial charge in [0.15, 0.2) is 11.6 Å². The first kappa shape index (κ1) is 11.8. The fraction of sp³-hybridized carbons (Fsp3) is 0.545. The van der Waals surface area contributed by atoms with Crippen molar-refractivity contribution in [3.63, 3.8) is 0 Å². The summed E-state index contributed by atoms with van der Waals surface area (Å²) in [5, 5.41) is 5.59. The number of nitrogens with one attached hydrogen (secondary N) is 2. The highest BCUT2D eigenvalue weighted by molar-refractivity contribution is 5.84. The quantitative estimate of drug-likeness (QED) is 0.821. The summed E-state index contributed by atoms with van der Waals surface area (Å²) in [5.74, 6) is -0.585. The number of hydrogen-bond acceptors (Lipinski definition) is 4. The Labute approximate surface area is 98.8 Å². The maximum Gasteiger partial charge on any atom is 0.242 e. The number of carbonyl (C=O) groups excluding carboxylic acids is 1. The molecule has 17 heavy (non-hydrogen) atoms. The lowest BCUT2D eigenvalue weighted by Crippen LogP contribution is -2.39. The average Bonchev–Trinajstić information content (AvgIpc) is 3.08. The topological polar surface area (TPSA) is 66.9 Å². The number of halogens is 1. The number of rotatable bonds is 4. The van der Waals surface area contributed by atoms with Gasteiger partial charge in [-0.2, -0.15) is 0 Å². The number of amides is 1. The Balaban J connectivity index is 1.99. The van der Waals surface area contributed by atoms with Gasteiger partial charge >= 0.3 is 0 Å². The fourth-order valence-corrected chi connectivity index (χ4v) is 1.38. The first-order chi connectivity index (χ1) is 8.08. The van der Waals surface area contributed by atoms with Crippen molar-refractivity contribution < 1.29 is 9.18 Å². The van der Waals surface area contributed by atoms with E-state index in [1.807, 2.05) is 0 Å². The Morgan fingerprint density at radius 2 is 2.24 bits per heavy atom. The highest BCUT2D eigenvalue weighted by Crippen LogP contribution is 2.19. The van der Waals surface area contributed by atoms with Gasteiger partial charge in [-0.3, -0.25) is 4.79 Å². The van der Waals surface area contributed by atoms with Crippen molar-refractivity contribution in [2.24, 2.45) is 0 Å². The molecule has 1 amide bonds. The molecule has 6 heteroatoms. The summed E-state index contributed by atoms with van der Waals surface area (Å²) in [6, 6.07) is -0.219. The third-order valence-corrected chi connectivity index (χ3v) is 2.63. The summed E-state index contributed by atoms with van der Waals surface area (Å²) in [6.07, 6.45) is 3.32. The maximum absolute atomic E-state index is 13.6. The first-order valence-electron chi connectivity index (χ1n) is 5.62. The standard InChI is InChI=1S/C11H15FN4O/c1-6-9(12)10(14-5-13-6)15-7(2)11(17)16-8-3-4-8/h5,7-8H,3-4H2,1-2H3,(H,16,17)(H,13,14,15). The van der Waals surface area contributed by atoms with Gasteiger partial charge in [-0.25, -0.2) is 14.4 Å². The number of aryl methyl sites for hydroxylation is 1. The van der Waals surface area contributed by atoms with Gasteiger partial charge in [-0.1, -0.05) is 0 Å². The highest BCUT2D eigenvalue weighted by atomic mass is 19.1. The second-order valence-corrected chi connectivity index (χ2v) is 4.27. The minimum absolute atomic E-state index is 0.0657. The van der Waals surface area contributed by atoms with E-state index in [0.29, 0.717) is 6.04 Å². The molecule has 0 radical (unpaired) electrons. The summed E-state index contributed by atoms with van der Waals surface area (Å²) in [6.45, 7) is 3.23. The van der Waals surface area contributed by atoms with Crippen LogP contribution in [0.4, 0.5) is 10.2 Å². The molecule has 2 N–H and O–H groups in total. The lowest BCUT2D eigenvalue weighted by molar-refractivity contribution is -0.121. The van der Waals surface area contributed by atoms with Crippen molar-refractivity contribution >= 4 is 11.7 Å². The molecule has 1 aliphatic rings. The van der Waals surface area contributed by atoms with Gasteiger partial charge in [0.1, 0.15) is 12.4 Å². The van der Waals surface area contributed by atoms with Crippen molar-refractivity contribution in [2.45, 2.75) is 38.8 Å². The number of aromatic nitrogens is 2. The van der Waals surface area contributed by atoms with Crippen LogP contribution in [0.2, 0.25) is 0 Å². The van der Waals surface area contributed by atoms with Gasteiger partial charge in [0.2, 0.25) is 5.91 Å². The van der Waals surface area contributed by atoms with Crippen LogP contribution >= 0.6 is 0 Å². The second kappa shape index (κ2) is 4.65. The summed E-state index contributed by atoms with van der Waals surface area (Å²) in [5.41, 5.74) is 0.261. The molecule has 1 atom stereocenters. The van der Waals surface area contributed by atoms with E-state index < -0.39 is 11.9 Å². The Kier molecular flexibility index (Phi) is 3.21. The van der Waals surface area contributed by atoms with Crippen LogP contribution < -0.4 is 10.6 Å². The van der Waals surface area contributed by atoms with Gasteiger partial charge < -0.3 is 10.6 Å². The van der Waals surface area contributed by atoms with Crippen LogP contribution in [0.1, 0.15) is 25.5 Å². The largest absolute Gasteiger partial charge is 0.356 e. The van der Waals surface area contributed by atoms with E-state index >= 15 is 0 Å². The molecule has 0 spiro atoms. The van der Waals surface area contributed by atoms with E-state index in [-0.39, 0.29) is 17.4 Å². The van der Waals surface area contributed by atoms with Gasteiger partial charge in [-0.15, -0.1) is 0 Å². The number of carbonyl (C=O) groups is 1. The number of anilines is 1. The molecule has 1 heterocycles. The molecule has 1 fully saturated rings. The average molecular weight is 238 g/mol. The Morgan fingerprint density at radius 1 is 1.53 bits per heavy atom. The van der Waals surface area contributed by atoms with Gasteiger partial charge in [0.05, 0.1) is 5.69 Å².